The van der Waals surface area contributed by atoms with E-state index >= 15 is 0 Å². The molecule has 0 spiro atoms. The van der Waals surface area contributed by atoms with Gasteiger partial charge in [-0.1, -0.05) is 5.16 Å². The van der Waals surface area contributed by atoms with Crippen LogP contribution in [0.5, 0.6) is 0 Å². The first-order valence-electron chi connectivity index (χ1n) is 5.74. The van der Waals surface area contributed by atoms with Crippen molar-refractivity contribution in [2.75, 3.05) is 20.8 Å². The zero-order valence-corrected chi connectivity index (χ0v) is 10.3. The highest BCUT2D eigenvalue weighted by molar-refractivity contribution is 4.87. The van der Waals surface area contributed by atoms with E-state index < -0.39 is 0 Å². The lowest BCUT2D eigenvalue weighted by Gasteiger charge is -2.06. The summed E-state index contributed by atoms with van der Waals surface area (Å²) in [5, 5.41) is 7.11. The minimum Gasteiger partial charge on any atom is -0.385 e. The van der Waals surface area contributed by atoms with Crippen molar-refractivity contribution in [2.45, 2.75) is 38.6 Å². The summed E-state index contributed by atoms with van der Waals surface area (Å²) >= 11 is 0. The van der Waals surface area contributed by atoms with Crippen LogP contribution >= 0.6 is 0 Å². The molecule has 5 heteroatoms. The fourth-order valence-electron chi connectivity index (χ4n) is 1.35. The minimum atomic E-state index is 0.476. The second-order valence-electron chi connectivity index (χ2n) is 3.93. The van der Waals surface area contributed by atoms with Gasteiger partial charge in [0.25, 0.3) is 0 Å². The number of hydrogen-bond acceptors (Lipinski definition) is 5. The molecule has 0 aliphatic heterocycles. The number of ether oxygens (including phenoxy) is 1. The molecule has 5 nitrogen and oxygen atoms in total. The van der Waals surface area contributed by atoms with E-state index in [0.717, 1.165) is 44.0 Å². The molecular formula is C11H21N3O2. The topological polar surface area (TPSA) is 60.2 Å². The summed E-state index contributed by atoms with van der Waals surface area (Å²) in [4.78, 5) is 4.33. The second-order valence-corrected chi connectivity index (χ2v) is 3.93. The molecule has 0 radical (unpaired) electrons. The summed E-state index contributed by atoms with van der Waals surface area (Å²) in [6, 6.07) is 0.476. The Labute approximate surface area is 96.6 Å². The van der Waals surface area contributed by atoms with Gasteiger partial charge >= 0.3 is 0 Å². The van der Waals surface area contributed by atoms with Crippen LogP contribution in [-0.2, 0) is 17.6 Å². The summed E-state index contributed by atoms with van der Waals surface area (Å²) in [6.45, 7) is 2.87. The Bertz CT molecular complexity index is 289. The Hall–Kier alpha value is -0.940. The fraction of sp³-hybridized carbons (Fsp3) is 0.818. The van der Waals surface area contributed by atoms with Gasteiger partial charge < -0.3 is 14.6 Å². The summed E-state index contributed by atoms with van der Waals surface area (Å²) in [5.41, 5.74) is 0. The SMILES string of the molecule is CNC(C)CCc1nc(CCCOC)no1. The first-order valence-corrected chi connectivity index (χ1v) is 5.74. The van der Waals surface area contributed by atoms with Crippen LogP contribution in [-0.4, -0.2) is 36.9 Å². The molecule has 0 amide bonds. The van der Waals surface area contributed by atoms with Gasteiger partial charge in [0.15, 0.2) is 5.82 Å². The minimum absolute atomic E-state index is 0.476. The lowest BCUT2D eigenvalue weighted by molar-refractivity contribution is 0.194. The number of aryl methyl sites for hydroxylation is 2. The zero-order chi connectivity index (χ0) is 11.8. The molecule has 0 aliphatic carbocycles. The molecule has 1 N–H and O–H groups in total. The van der Waals surface area contributed by atoms with Gasteiger partial charge in [0.2, 0.25) is 5.89 Å². The van der Waals surface area contributed by atoms with Crippen LogP contribution in [0.1, 0.15) is 31.5 Å². The number of nitrogens with one attached hydrogen (secondary N) is 1. The van der Waals surface area contributed by atoms with Crippen LogP contribution in [0.15, 0.2) is 4.52 Å². The molecule has 1 unspecified atom stereocenters. The van der Waals surface area contributed by atoms with Crippen molar-refractivity contribution in [3.63, 3.8) is 0 Å². The molecule has 0 fully saturated rings. The maximum atomic E-state index is 5.16. The van der Waals surface area contributed by atoms with Crippen molar-refractivity contribution in [1.82, 2.24) is 15.5 Å². The average Bonchev–Trinajstić information content (AvgIpc) is 2.74. The first-order chi connectivity index (χ1) is 7.76. The van der Waals surface area contributed by atoms with Crippen molar-refractivity contribution in [3.05, 3.63) is 11.7 Å². The summed E-state index contributed by atoms with van der Waals surface area (Å²) < 4.78 is 10.1. The van der Waals surface area contributed by atoms with Gasteiger partial charge in [0, 0.05) is 32.6 Å². The zero-order valence-electron chi connectivity index (χ0n) is 10.3. The molecule has 0 bridgehead atoms. The summed E-state index contributed by atoms with van der Waals surface area (Å²) in [6.07, 6.45) is 3.59. The maximum absolute atomic E-state index is 5.16. The van der Waals surface area contributed by atoms with E-state index in [1.54, 1.807) is 7.11 Å². The van der Waals surface area contributed by atoms with Crippen LogP contribution in [0, 0.1) is 0 Å². The lowest BCUT2D eigenvalue weighted by Crippen LogP contribution is -2.21. The highest BCUT2D eigenvalue weighted by Gasteiger charge is 2.07. The predicted molar refractivity (Wildman–Crippen MR) is 61.3 cm³/mol. The van der Waals surface area contributed by atoms with Crippen molar-refractivity contribution >= 4 is 0 Å². The van der Waals surface area contributed by atoms with E-state index in [1.807, 2.05) is 7.05 Å². The third kappa shape index (κ3) is 4.72. The van der Waals surface area contributed by atoms with Gasteiger partial charge in [-0.15, -0.1) is 0 Å². The summed E-state index contributed by atoms with van der Waals surface area (Å²) in [5.74, 6) is 1.51. The standard InChI is InChI=1S/C11H21N3O2/c1-9(12-2)6-7-11-13-10(14-16-11)5-4-8-15-3/h9,12H,4-8H2,1-3H3. The number of methoxy groups -OCH3 is 1. The lowest BCUT2D eigenvalue weighted by atomic mass is 10.2. The number of nitrogens with zero attached hydrogens (tertiary/aromatic N) is 2. The summed E-state index contributed by atoms with van der Waals surface area (Å²) in [7, 11) is 3.65. The Morgan fingerprint density at radius 2 is 2.25 bits per heavy atom. The second kappa shape index (κ2) is 7.35. The largest absolute Gasteiger partial charge is 0.385 e. The van der Waals surface area contributed by atoms with E-state index in [-0.39, 0.29) is 0 Å². The Morgan fingerprint density at radius 1 is 1.44 bits per heavy atom. The molecule has 16 heavy (non-hydrogen) atoms. The first kappa shape index (κ1) is 13.1. The molecule has 92 valence electrons. The van der Waals surface area contributed by atoms with E-state index in [1.165, 1.54) is 0 Å². The van der Waals surface area contributed by atoms with E-state index in [4.69, 9.17) is 9.26 Å². The Balaban J connectivity index is 2.28. The normalized spacial score (nSPS) is 12.9. The molecule has 0 saturated carbocycles. The molecule has 0 aliphatic rings. The van der Waals surface area contributed by atoms with Gasteiger partial charge in [0.1, 0.15) is 0 Å². The third-order valence-corrected chi connectivity index (χ3v) is 2.54. The molecule has 0 saturated heterocycles. The van der Waals surface area contributed by atoms with E-state index in [2.05, 4.69) is 22.4 Å². The number of rotatable bonds is 8. The molecule has 0 aromatic carbocycles. The number of hydrogen-bond donors (Lipinski definition) is 1. The van der Waals surface area contributed by atoms with Crippen molar-refractivity contribution in [2.24, 2.45) is 0 Å². The van der Waals surface area contributed by atoms with E-state index in [9.17, 15) is 0 Å². The van der Waals surface area contributed by atoms with Gasteiger partial charge in [0.05, 0.1) is 0 Å². The molecule has 1 rings (SSSR count). The van der Waals surface area contributed by atoms with Crippen molar-refractivity contribution < 1.29 is 9.26 Å². The third-order valence-electron chi connectivity index (χ3n) is 2.54. The van der Waals surface area contributed by atoms with Crippen LogP contribution < -0.4 is 5.32 Å². The maximum Gasteiger partial charge on any atom is 0.226 e. The van der Waals surface area contributed by atoms with Crippen molar-refractivity contribution in [1.29, 1.82) is 0 Å². The molecule has 1 aromatic rings. The Morgan fingerprint density at radius 3 is 2.94 bits per heavy atom. The monoisotopic (exact) mass is 227 g/mol. The van der Waals surface area contributed by atoms with E-state index in [0.29, 0.717) is 6.04 Å². The Kier molecular flexibility index (Phi) is 6.03. The average molecular weight is 227 g/mol. The van der Waals surface area contributed by atoms with Gasteiger partial charge in [-0.2, -0.15) is 4.98 Å². The van der Waals surface area contributed by atoms with Gasteiger partial charge in [-0.05, 0) is 26.8 Å². The quantitative estimate of drug-likeness (QED) is 0.676. The van der Waals surface area contributed by atoms with Crippen LogP contribution in [0.3, 0.4) is 0 Å². The smallest absolute Gasteiger partial charge is 0.226 e. The molecule has 1 atom stereocenters. The van der Waals surface area contributed by atoms with Crippen LogP contribution in [0.25, 0.3) is 0 Å². The fourth-order valence-corrected chi connectivity index (χ4v) is 1.35. The predicted octanol–water partition coefficient (Wildman–Crippen LogP) is 1.19. The van der Waals surface area contributed by atoms with Gasteiger partial charge in [-0.3, -0.25) is 0 Å². The van der Waals surface area contributed by atoms with Gasteiger partial charge in [-0.25, -0.2) is 0 Å². The van der Waals surface area contributed by atoms with Crippen molar-refractivity contribution in [3.8, 4) is 0 Å². The molecule has 1 aromatic heterocycles. The number of aromatic nitrogens is 2. The van der Waals surface area contributed by atoms with Crippen LogP contribution in [0.2, 0.25) is 0 Å². The van der Waals surface area contributed by atoms with Crippen LogP contribution in [0.4, 0.5) is 0 Å². The molecule has 1 heterocycles. The molecular weight excluding hydrogens is 206 g/mol. The highest BCUT2D eigenvalue weighted by Crippen LogP contribution is 2.04. The highest BCUT2D eigenvalue weighted by atomic mass is 16.5.